The van der Waals surface area contributed by atoms with Gasteiger partial charge >= 0.3 is 6.18 Å². The molecule has 1 aromatic heterocycles. The summed E-state index contributed by atoms with van der Waals surface area (Å²) in [4.78, 5) is 8.03. The molecule has 1 heterocycles. The number of ether oxygens (including phenoxy) is 1. The smallest absolute Gasteiger partial charge is 0.416 e. The molecule has 3 rings (SSSR count). The Morgan fingerprint density at radius 1 is 1.00 bits per heavy atom. The molecular weight excluding hydrogens is 367 g/mol. The van der Waals surface area contributed by atoms with Crippen LogP contribution in [0.15, 0.2) is 60.9 Å². The van der Waals surface area contributed by atoms with Gasteiger partial charge in [-0.15, -0.1) is 0 Å². The SMILES string of the molecule is FC(F)(F)c1cccc(CNc2cc(Oc3ccccc3Cl)ncn2)c1. The summed E-state index contributed by atoms with van der Waals surface area (Å²) in [7, 11) is 0. The van der Waals surface area contributed by atoms with Crippen molar-refractivity contribution in [1.29, 1.82) is 0 Å². The van der Waals surface area contributed by atoms with Crippen molar-refractivity contribution in [3.8, 4) is 11.6 Å². The van der Waals surface area contributed by atoms with Crippen molar-refractivity contribution in [2.75, 3.05) is 5.32 Å². The predicted molar refractivity (Wildman–Crippen MR) is 92.3 cm³/mol. The number of aromatic nitrogens is 2. The quantitative estimate of drug-likeness (QED) is 0.631. The zero-order valence-electron chi connectivity index (χ0n) is 13.3. The van der Waals surface area contributed by atoms with Crippen LogP contribution < -0.4 is 10.1 Å². The first kappa shape index (κ1) is 18.0. The second-order valence-electron chi connectivity index (χ2n) is 5.33. The molecule has 0 spiro atoms. The van der Waals surface area contributed by atoms with Crippen LogP contribution in [0.25, 0.3) is 0 Å². The molecule has 26 heavy (non-hydrogen) atoms. The monoisotopic (exact) mass is 379 g/mol. The Labute approximate surface area is 152 Å². The Kier molecular flexibility index (Phi) is 5.27. The number of benzene rings is 2. The normalized spacial score (nSPS) is 11.2. The van der Waals surface area contributed by atoms with Gasteiger partial charge in [-0.05, 0) is 29.8 Å². The molecule has 0 bridgehead atoms. The van der Waals surface area contributed by atoms with Crippen LogP contribution in [0.1, 0.15) is 11.1 Å². The summed E-state index contributed by atoms with van der Waals surface area (Å²) in [5.74, 6) is 1.12. The minimum atomic E-state index is -4.37. The fourth-order valence-corrected chi connectivity index (χ4v) is 2.36. The van der Waals surface area contributed by atoms with Gasteiger partial charge < -0.3 is 10.1 Å². The summed E-state index contributed by atoms with van der Waals surface area (Å²) in [6, 6.07) is 13.6. The average molecular weight is 380 g/mol. The molecule has 0 aliphatic carbocycles. The molecule has 4 nitrogen and oxygen atoms in total. The molecule has 0 aliphatic rings. The number of hydrogen-bond acceptors (Lipinski definition) is 4. The summed E-state index contributed by atoms with van der Waals surface area (Å²) in [6.07, 6.45) is -3.08. The number of anilines is 1. The Hall–Kier alpha value is -2.80. The Bertz CT molecular complexity index is 903. The van der Waals surface area contributed by atoms with Crippen LogP contribution in [0.4, 0.5) is 19.0 Å². The van der Waals surface area contributed by atoms with Gasteiger partial charge in [0.15, 0.2) is 0 Å². The zero-order chi connectivity index (χ0) is 18.6. The number of nitrogens with one attached hydrogen (secondary N) is 1. The van der Waals surface area contributed by atoms with E-state index in [2.05, 4.69) is 15.3 Å². The lowest BCUT2D eigenvalue weighted by atomic mass is 10.1. The lowest BCUT2D eigenvalue weighted by Gasteiger charge is -2.11. The number of halogens is 4. The van der Waals surface area contributed by atoms with Crippen molar-refractivity contribution in [2.45, 2.75) is 12.7 Å². The van der Waals surface area contributed by atoms with E-state index in [0.717, 1.165) is 12.1 Å². The van der Waals surface area contributed by atoms with Crippen LogP contribution in [-0.4, -0.2) is 9.97 Å². The highest BCUT2D eigenvalue weighted by molar-refractivity contribution is 6.32. The van der Waals surface area contributed by atoms with Crippen LogP contribution in [0.2, 0.25) is 5.02 Å². The molecule has 0 fully saturated rings. The fraction of sp³-hybridized carbons (Fsp3) is 0.111. The van der Waals surface area contributed by atoms with Gasteiger partial charge in [0.1, 0.15) is 17.9 Å². The van der Waals surface area contributed by atoms with E-state index in [-0.39, 0.29) is 12.4 Å². The first-order valence-corrected chi connectivity index (χ1v) is 7.94. The minimum absolute atomic E-state index is 0.173. The molecule has 8 heteroatoms. The van der Waals surface area contributed by atoms with Gasteiger partial charge in [-0.1, -0.05) is 35.9 Å². The number of nitrogens with zero attached hydrogens (tertiary/aromatic N) is 2. The molecule has 0 atom stereocenters. The fourth-order valence-electron chi connectivity index (χ4n) is 2.18. The second-order valence-corrected chi connectivity index (χ2v) is 5.73. The maximum atomic E-state index is 12.8. The van der Waals surface area contributed by atoms with Crippen molar-refractivity contribution < 1.29 is 17.9 Å². The third-order valence-electron chi connectivity index (χ3n) is 3.42. The molecule has 0 saturated carbocycles. The Morgan fingerprint density at radius 3 is 2.58 bits per heavy atom. The van der Waals surface area contributed by atoms with Gasteiger partial charge in [0.25, 0.3) is 0 Å². The second kappa shape index (κ2) is 7.61. The number of hydrogen-bond donors (Lipinski definition) is 1. The van der Waals surface area contributed by atoms with Gasteiger partial charge in [0.2, 0.25) is 5.88 Å². The van der Waals surface area contributed by atoms with Crippen molar-refractivity contribution in [1.82, 2.24) is 9.97 Å². The summed E-state index contributed by atoms with van der Waals surface area (Å²) in [5.41, 5.74) is -0.214. The molecule has 2 aromatic carbocycles. The van der Waals surface area contributed by atoms with Gasteiger partial charge in [-0.2, -0.15) is 13.2 Å². The van der Waals surface area contributed by atoms with E-state index in [1.807, 2.05) is 0 Å². The van der Waals surface area contributed by atoms with E-state index in [9.17, 15) is 13.2 Å². The van der Waals surface area contributed by atoms with Crippen molar-refractivity contribution >= 4 is 17.4 Å². The van der Waals surface area contributed by atoms with Crippen LogP contribution in [0, 0.1) is 0 Å². The number of alkyl halides is 3. The first-order chi connectivity index (χ1) is 12.4. The highest BCUT2D eigenvalue weighted by atomic mass is 35.5. The summed E-state index contributed by atoms with van der Waals surface area (Å²) in [5, 5.41) is 3.38. The van der Waals surface area contributed by atoms with Crippen molar-refractivity contribution in [3.63, 3.8) is 0 Å². The maximum absolute atomic E-state index is 12.8. The largest absolute Gasteiger partial charge is 0.437 e. The first-order valence-electron chi connectivity index (χ1n) is 7.56. The Balaban J connectivity index is 1.69. The van der Waals surface area contributed by atoms with Crippen molar-refractivity contribution in [3.05, 3.63) is 77.1 Å². The molecule has 0 radical (unpaired) electrons. The number of para-hydroxylation sites is 1. The zero-order valence-corrected chi connectivity index (χ0v) is 14.1. The Morgan fingerprint density at radius 2 is 1.81 bits per heavy atom. The van der Waals surface area contributed by atoms with E-state index >= 15 is 0 Å². The maximum Gasteiger partial charge on any atom is 0.416 e. The molecule has 0 amide bonds. The van der Waals surface area contributed by atoms with E-state index in [0.29, 0.717) is 22.2 Å². The summed E-state index contributed by atoms with van der Waals surface area (Å²) in [6.45, 7) is 0.173. The summed E-state index contributed by atoms with van der Waals surface area (Å²) >= 11 is 6.03. The minimum Gasteiger partial charge on any atom is -0.437 e. The molecule has 0 unspecified atom stereocenters. The van der Waals surface area contributed by atoms with Gasteiger partial charge in [-0.25, -0.2) is 9.97 Å². The van der Waals surface area contributed by atoms with E-state index < -0.39 is 11.7 Å². The van der Waals surface area contributed by atoms with Crippen LogP contribution in [0.3, 0.4) is 0 Å². The van der Waals surface area contributed by atoms with Crippen LogP contribution in [0.5, 0.6) is 11.6 Å². The van der Waals surface area contributed by atoms with E-state index in [1.54, 1.807) is 30.3 Å². The predicted octanol–water partition coefficient (Wildman–Crippen LogP) is 5.55. The molecule has 134 valence electrons. The third kappa shape index (κ3) is 4.64. The molecule has 3 aromatic rings. The van der Waals surface area contributed by atoms with Gasteiger partial charge in [0.05, 0.1) is 10.6 Å². The molecule has 0 saturated heterocycles. The molecule has 0 aliphatic heterocycles. The van der Waals surface area contributed by atoms with E-state index in [1.165, 1.54) is 18.5 Å². The van der Waals surface area contributed by atoms with Crippen LogP contribution >= 0.6 is 11.6 Å². The molecule has 1 N–H and O–H groups in total. The average Bonchev–Trinajstić information content (AvgIpc) is 2.62. The number of rotatable bonds is 5. The highest BCUT2D eigenvalue weighted by Gasteiger charge is 2.30. The van der Waals surface area contributed by atoms with E-state index in [4.69, 9.17) is 16.3 Å². The lowest BCUT2D eigenvalue weighted by Crippen LogP contribution is -2.07. The lowest BCUT2D eigenvalue weighted by molar-refractivity contribution is -0.137. The molecular formula is C18H13ClF3N3O. The summed E-state index contributed by atoms with van der Waals surface area (Å²) < 4.78 is 43.9. The van der Waals surface area contributed by atoms with Gasteiger partial charge in [0, 0.05) is 12.6 Å². The van der Waals surface area contributed by atoms with Crippen molar-refractivity contribution in [2.24, 2.45) is 0 Å². The third-order valence-corrected chi connectivity index (χ3v) is 3.73. The standard InChI is InChI=1S/C18H13ClF3N3O/c19-14-6-1-2-7-15(14)26-17-9-16(24-11-25-17)23-10-12-4-3-5-13(8-12)18(20,21)22/h1-9,11H,10H2,(H,23,24,25). The van der Waals surface area contributed by atoms with Gasteiger partial charge in [-0.3, -0.25) is 0 Å². The highest BCUT2D eigenvalue weighted by Crippen LogP contribution is 2.30. The van der Waals surface area contributed by atoms with Crippen LogP contribution in [-0.2, 0) is 12.7 Å². The topological polar surface area (TPSA) is 47.0 Å².